The van der Waals surface area contributed by atoms with Crippen molar-refractivity contribution < 1.29 is 18.9 Å². The topological polar surface area (TPSA) is 108 Å². The number of fused-ring (bicyclic) bond motifs is 1. The first-order chi connectivity index (χ1) is 14.5. The van der Waals surface area contributed by atoms with Crippen LogP contribution in [0.3, 0.4) is 0 Å². The lowest BCUT2D eigenvalue weighted by atomic mass is 10.1. The van der Waals surface area contributed by atoms with Crippen molar-refractivity contribution in [3.8, 4) is 17.2 Å². The van der Waals surface area contributed by atoms with Gasteiger partial charge in [-0.3, -0.25) is 14.9 Å². The third-order valence-corrected chi connectivity index (χ3v) is 4.55. The van der Waals surface area contributed by atoms with Crippen molar-refractivity contribution in [3.63, 3.8) is 0 Å². The number of nitrogens with zero attached hydrogens (tertiary/aromatic N) is 2. The predicted octanol–water partition coefficient (Wildman–Crippen LogP) is 4.59. The van der Waals surface area contributed by atoms with Crippen LogP contribution in [-0.4, -0.2) is 22.9 Å². The van der Waals surface area contributed by atoms with Crippen LogP contribution in [0.25, 0.3) is 22.6 Å². The van der Waals surface area contributed by atoms with E-state index in [9.17, 15) is 14.9 Å². The number of anilines is 1. The molecule has 0 radical (unpaired) electrons. The summed E-state index contributed by atoms with van der Waals surface area (Å²) in [6.45, 7) is 0. The van der Waals surface area contributed by atoms with Crippen LogP contribution in [0.2, 0.25) is 0 Å². The molecule has 0 saturated heterocycles. The van der Waals surface area contributed by atoms with Gasteiger partial charge in [0.1, 0.15) is 11.3 Å². The maximum Gasteiger partial charge on any atom is 0.273 e. The number of methoxy groups -OCH3 is 1. The molecule has 0 fully saturated rings. The highest BCUT2D eigenvalue weighted by Gasteiger charge is 2.16. The first kappa shape index (κ1) is 19.1. The molecule has 1 aromatic heterocycles. The van der Waals surface area contributed by atoms with E-state index in [1.807, 2.05) is 24.3 Å². The Bertz CT molecular complexity index is 1230. The number of nitrogens with one attached hydrogen (secondary N) is 1. The Kier molecular flexibility index (Phi) is 5.13. The SMILES string of the molecule is COc1ccc(-c2nc3ccc(NC(=O)Cc4ccccc4[N+](=O)[O-])cc3o2)cc1. The first-order valence-electron chi connectivity index (χ1n) is 9.10. The number of aromatic nitrogens is 1. The normalized spacial score (nSPS) is 10.7. The summed E-state index contributed by atoms with van der Waals surface area (Å²) in [6, 6.07) is 18.6. The number of benzene rings is 3. The van der Waals surface area contributed by atoms with Crippen LogP contribution >= 0.6 is 0 Å². The molecule has 1 amide bonds. The van der Waals surface area contributed by atoms with E-state index >= 15 is 0 Å². The van der Waals surface area contributed by atoms with Gasteiger partial charge in [-0.25, -0.2) is 4.98 Å². The fourth-order valence-corrected chi connectivity index (χ4v) is 3.08. The summed E-state index contributed by atoms with van der Waals surface area (Å²) >= 11 is 0. The van der Waals surface area contributed by atoms with Crippen molar-refractivity contribution in [3.05, 3.63) is 82.4 Å². The molecule has 4 aromatic rings. The van der Waals surface area contributed by atoms with E-state index in [0.717, 1.165) is 11.3 Å². The maximum atomic E-state index is 12.4. The van der Waals surface area contributed by atoms with Crippen LogP contribution in [0.4, 0.5) is 11.4 Å². The van der Waals surface area contributed by atoms with Gasteiger partial charge in [0, 0.05) is 28.9 Å². The van der Waals surface area contributed by atoms with Gasteiger partial charge in [0.15, 0.2) is 5.58 Å². The summed E-state index contributed by atoms with van der Waals surface area (Å²) in [5.74, 6) is 0.827. The Morgan fingerprint density at radius 1 is 1.13 bits per heavy atom. The van der Waals surface area contributed by atoms with Crippen LogP contribution in [0.15, 0.2) is 71.1 Å². The lowest BCUT2D eigenvalue weighted by molar-refractivity contribution is -0.385. The zero-order valence-electron chi connectivity index (χ0n) is 16.0. The molecule has 0 atom stereocenters. The van der Waals surface area contributed by atoms with E-state index in [1.54, 1.807) is 43.5 Å². The minimum absolute atomic E-state index is 0.0810. The molecule has 0 saturated carbocycles. The number of hydrogen-bond acceptors (Lipinski definition) is 6. The van der Waals surface area contributed by atoms with Crippen LogP contribution in [0.5, 0.6) is 5.75 Å². The van der Waals surface area contributed by atoms with Gasteiger partial charge in [-0.15, -0.1) is 0 Å². The summed E-state index contributed by atoms with van der Waals surface area (Å²) in [5.41, 5.74) is 2.75. The average molecular weight is 403 g/mol. The van der Waals surface area contributed by atoms with Gasteiger partial charge in [-0.1, -0.05) is 18.2 Å². The number of nitro benzene ring substituents is 1. The third-order valence-electron chi connectivity index (χ3n) is 4.55. The van der Waals surface area contributed by atoms with Crippen LogP contribution in [0.1, 0.15) is 5.56 Å². The molecule has 0 bridgehead atoms. The van der Waals surface area contributed by atoms with Gasteiger partial charge < -0.3 is 14.5 Å². The molecule has 3 aromatic carbocycles. The highest BCUT2D eigenvalue weighted by Crippen LogP contribution is 2.28. The van der Waals surface area contributed by atoms with Crippen LogP contribution in [-0.2, 0) is 11.2 Å². The number of amides is 1. The summed E-state index contributed by atoms with van der Waals surface area (Å²) < 4.78 is 11.0. The van der Waals surface area contributed by atoms with E-state index < -0.39 is 4.92 Å². The molecule has 0 spiro atoms. The van der Waals surface area contributed by atoms with Crippen LogP contribution < -0.4 is 10.1 Å². The molecule has 0 aliphatic heterocycles. The van der Waals surface area contributed by atoms with E-state index in [-0.39, 0.29) is 18.0 Å². The monoisotopic (exact) mass is 403 g/mol. The number of carbonyl (C=O) groups excluding carboxylic acids is 1. The second-order valence-corrected chi connectivity index (χ2v) is 6.54. The lowest BCUT2D eigenvalue weighted by Gasteiger charge is -2.05. The van der Waals surface area contributed by atoms with Gasteiger partial charge >= 0.3 is 0 Å². The molecule has 0 aliphatic rings. The lowest BCUT2D eigenvalue weighted by Crippen LogP contribution is -2.15. The summed E-state index contributed by atoms with van der Waals surface area (Å²) in [6.07, 6.45) is -0.108. The quantitative estimate of drug-likeness (QED) is 0.373. The van der Waals surface area contributed by atoms with Gasteiger partial charge in [0.25, 0.3) is 5.69 Å². The zero-order valence-corrected chi connectivity index (χ0v) is 16.0. The molecule has 0 unspecified atom stereocenters. The van der Waals surface area contributed by atoms with Crippen molar-refractivity contribution in [1.82, 2.24) is 4.98 Å². The van der Waals surface area contributed by atoms with Crippen molar-refractivity contribution in [2.45, 2.75) is 6.42 Å². The number of oxazole rings is 1. The number of rotatable bonds is 6. The zero-order chi connectivity index (χ0) is 21.1. The highest BCUT2D eigenvalue weighted by atomic mass is 16.6. The number of hydrogen-bond donors (Lipinski definition) is 1. The number of carbonyl (C=O) groups is 1. The summed E-state index contributed by atoms with van der Waals surface area (Å²) in [5, 5.41) is 13.9. The van der Waals surface area contributed by atoms with E-state index in [0.29, 0.717) is 28.2 Å². The Labute approximate surface area is 171 Å². The van der Waals surface area contributed by atoms with E-state index in [2.05, 4.69) is 10.3 Å². The van der Waals surface area contributed by atoms with Gasteiger partial charge in [0.05, 0.1) is 18.5 Å². The van der Waals surface area contributed by atoms with Crippen molar-refractivity contribution in [2.24, 2.45) is 0 Å². The second kappa shape index (κ2) is 8.04. The first-order valence-corrected chi connectivity index (χ1v) is 9.10. The Morgan fingerprint density at radius 2 is 1.90 bits per heavy atom. The maximum absolute atomic E-state index is 12.4. The molecule has 1 N–H and O–H groups in total. The van der Waals surface area contributed by atoms with Crippen LogP contribution in [0, 0.1) is 10.1 Å². The molecule has 8 heteroatoms. The average Bonchev–Trinajstić information content (AvgIpc) is 3.17. The van der Waals surface area contributed by atoms with Crippen molar-refractivity contribution in [1.29, 1.82) is 0 Å². The molecule has 1 heterocycles. The molecular formula is C22H17N3O5. The van der Waals surface area contributed by atoms with Crippen molar-refractivity contribution >= 4 is 28.4 Å². The molecule has 150 valence electrons. The molecule has 0 aliphatic carbocycles. The standard InChI is InChI=1S/C22H17N3O5/c1-29-17-9-6-14(7-10-17)22-24-18-11-8-16(13-20(18)30-22)23-21(26)12-15-4-2-3-5-19(15)25(27)28/h2-11,13H,12H2,1H3,(H,23,26). The van der Waals surface area contributed by atoms with Gasteiger partial charge in [0.2, 0.25) is 11.8 Å². The van der Waals surface area contributed by atoms with E-state index in [1.165, 1.54) is 6.07 Å². The Morgan fingerprint density at radius 3 is 2.63 bits per heavy atom. The molecular weight excluding hydrogens is 386 g/mol. The molecule has 30 heavy (non-hydrogen) atoms. The predicted molar refractivity (Wildman–Crippen MR) is 111 cm³/mol. The number of para-hydroxylation sites is 1. The summed E-state index contributed by atoms with van der Waals surface area (Å²) in [7, 11) is 1.60. The second-order valence-electron chi connectivity index (χ2n) is 6.54. The molecule has 8 nitrogen and oxygen atoms in total. The Hall–Kier alpha value is -4.20. The van der Waals surface area contributed by atoms with Crippen molar-refractivity contribution in [2.75, 3.05) is 12.4 Å². The smallest absolute Gasteiger partial charge is 0.273 e. The minimum Gasteiger partial charge on any atom is -0.497 e. The number of ether oxygens (including phenoxy) is 1. The van der Waals surface area contributed by atoms with Gasteiger partial charge in [-0.05, 0) is 36.4 Å². The highest BCUT2D eigenvalue weighted by molar-refractivity contribution is 5.94. The van der Waals surface area contributed by atoms with Gasteiger partial charge in [-0.2, -0.15) is 0 Å². The molecule has 4 rings (SSSR count). The largest absolute Gasteiger partial charge is 0.497 e. The fraction of sp³-hybridized carbons (Fsp3) is 0.0909. The fourth-order valence-electron chi connectivity index (χ4n) is 3.08. The third kappa shape index (κ3) is 3.97. The minimum atomic E-state index is -0.496. The summed E-state index contributed by atoms with van der Waals surface area (Å²) in [4.78, 5) is 27.5. The Balaban J connectivity index is 1.52. The van der Waals surface area contributed by atoms with E-state index in [4.69, 9.17) is 9.15 Å². The number of nitro groups is 1.